The van der Waals surface area contributed by atoms with Crippen LogP contribution in [0.2, 0.25) is 0 Å². The maximum absolute atomic E-state index is 11.2. The van der Waals surface area contributed by atoms with E-state index >= 15 is 0 Å². The second kappa shape index (κ2) is 8.18. The fourth-order valence-electron chi connectivity index (χ4n) is 4.51. The Bertz CT molecular complexity index is 540. The van der Waals surface area contributed by atoms with E-state index in [1.807, 2.05) is 0 Å². The highest BCUT2D eigenvalue weighted by Crippen LogP contribution is 2.54. The first-order valence-electron chi connectivity index (χ1n) is 9.44. The molecule has 2 rings (SSSR count). The predicted molar refractivity (Wildman–Crippen MR) is 101 cm³/mol. The number of ether oxygens (including phenoxy) is 1. The highest BCUT2D eigenvalue weighted by Gasteiger charge is 2.44. The maximum Gasteiger partial charge on any atom is 0.302 e. The Hall–Kier alpha value is -1.31. The van der Waals surface area contributed by atoms with Gasteiger partial charge in [0.1, 0.15) is 6.61 Å². The molecule has 2 aliphatic rings. The molecule has 0 aromatic rings. The molecule has 0 heterocycles. The lowest BCUT2D eigenvalue weighted by atomic mass is 9.70. The summed E-state index contributed by atoms with van der Waals surface area (Å²) >= 11 is 0. The van der Waals surface area contributed by atoms with Gasteiger partial charge in [0.25, 0.3) is 0 Å². The first kappa shape index (κ1) is 19.0. The number of allylic oxidation sites excluding steroid dienone is 4. The molecule has 3 atom stereocenters. The van der Waals surface area contributed by atoms with E-state index in [0.29, 0.717) is 23.9 Å². The van der Waals surface area contributed by atoms with Gasteiger partial charge in [-0.1, -0.05) is 36.8 Å². The topological polar surface area (TPSA) is 26.3 Å². The smallest absolute Gasteiger partial charge is 0.302 e. The van der Waals surface area contributed by atoms with Gasteiger partial charge in [0, 0.05) is 6.92 Å². The second-order valence-corrected chi connectivity index (χ2v) is 8.22. The molecule has 24 heavy (non-hydrogen) atoms. The van der Waals surface area contributed by atoms with Crippen molar-refractivity contribution in [1.82, 2.24) is 0 Å². The van der Waals surface area contributed by atoms with Crippen LogP contribution >= 0.6 is 0 Å². The first-order chi connectivity index (χ1) is 11.3. The van der Waals surface area contributed by atoms with E-state index < -0.39 is 0 Å². The van der Waals surface area contributed by atoms with Crippen molar-refractivity contribution in [3.63, 3.8) is 0 Å². The molecule has 0 aliphatic heterocycles. The zero-order valence-corrected chi connectivity index (χ0v) is 16.0. The van der Waals surface area contributed by atoms with Gasteiger partial charge in [0.15, 0.2) is 0 Å². The molecule has 2 nitrogen and oxygen atoms in total. The Balaban J connectivity index is 2.20. The third kappa shape index (κ3) is 4.84. The Morgan fingerprint density at radius 2 is 2.04 bits per heavy atom. The highest BCUT2D eigenvalue weighted by atomic mass is 16.5. The molecule has 0 spiro atoms. The average Bonchev–Trinajstić information content (AvgIpc) is 2.83. The first-order valence-corrected chi connectivity index (χ1v) is 9.44. The molecule has 1 fully saturated rings. The van der Waals surface area contributed by atoms with Gasteiger partial charge in [-0.2, -0.15) is 0 Å². The summed E-state index contributed by atoms with van der Waals surface area (Å²) in [5.41, 5.74) is 4.48. The largest absolute Gasteiger partial charge is 0.461 e. The number of hydrogen-bond donors (Lipinski definition) is 0. The van der Waals surface area contributed by atoms with Crippen molar-refractivity contribution in [3.05, 3.63) is 35.5 Å². The summed E-state index contributed by atoms with van der Waals surface area (Å²) in [6.45, 7) is 13.1. The summed E-state index contributed by atoms with van der Waals surface area (Å²) in [4.78, 5) is 11.2. The Morgan fingerprint density at radius 1 is 1.29 bits per heavy atom. The zero-order chi connectivity index (χ0) is 17.7. The molecule has 1 unspecified atom stereocenters. The van der Waals surface area contributed by atoms with Crippen LogP contribution in [0.5, 0.6) is 0 Å². The third-order valence-electron chi connectivity index (χ3n) is 6.21. The molecule has 0 bridgehead atoms. The van der Waals surface area contributed by atoms with Crippen LogP contribution in [-0.4, -0.2) is 12.6 Å². The lowest BCUT2D eigenvalue weighted by Gasteiger charge is -2.34. The van der Waals surface area contributed by atoms with E-state index in [2.05, 4.69) is 39.5 Å². The zero-order valence-electron chi connectivity index (χ0n) is 16.0. The Labute approximate surface area is 148 Å². The van der Waals surface area contributed by atoms with Crippen LogP contribution in [0.3, 0.4) is 0 Å². The molecule has 0 N–H and O–H groups in total. The predicted octanol–water partition coefficient (Wildman–Crippen LogP) is 5.99. The molecule has 0 amide bonds. The molecule has 134 valence electrons. The molecule has 0 saturated heterocycles. The van der Waals surface area contributed by atoms with Crippen LogP contribution in [-0.2, 0) is 9.53 Å². The summed E-state index contributed by atoms with van der Waals surface area (Å²) in [7, 11) is 0. The van der Waals surface area contributed by atoms with Crippen LogP contribution in [0.1, 0.15) is 72.6 Å². The fraction of sp³-hybridized carbons (Fsp3) is 0.682. The van der Waals surface area contributed by atoms with Gasteiger partial charge in [-0.3, -0.25) is 4.79 Å². The van der Waals surface area contributed by atoms with E-state index in [9.17, 15) is 4.79 Å². The molecule has 2 heteroatoms. The average molecular weight is 331 g/mol. The van der Waals surface area contributed by atoms with Crippen LogP contribution in [0.15, 0.2) is 35.5 Å². The standard InChI is InChI=1S/C22H34O2/c1-16(2)20-12-14-22(5)13-11-19(15-24-18(4)23)8-6-7-17(3)9-10-21(20)22/h8-9,20-21H,1,6-7,10-15H2,2-5H3/b17-9+,19-8-/t20?,21-,22-/m0/s1. The Kier molecular flexibility index (Phi) is 6.48. The number of esters is 1. The van der Waals surface area contributed by atoms with Gasteiger partial charge >= 0.3 is 5.97 Å². The van der Waals surface area contributed by atoms with Gasteiger partial charge in [-0.15, -0.1) is 0 Å². The van der Waals surface area contributed by atoms with Crippen molar-refractivity contribution in [1.29, 1.82) is 0 Å². The van der Waals surface area contributed by atoms with Crippen molar-refractivity contribution in [2.24, 2.45) is 17.3 Å². The number of fused-ring (bicyclic) bond motifs is 1. The van der Waals surface area contributed by atoms with Crippen LogP contribution < -0.4 is 0 Å². The number of rotatable bonds is 3. The van der Waals surface area contributed by atoms with Crippen molar-refractivity contribution in [2.45, 2.75) is 72.6 Å². The minimum Gasteiger partial charge on any atom is -0.461 e. The third-order valence-corrected chi connectivity index (χ3v) is 6.21. The lowest BCUT2D eigenvalue weighted by molar-refractivity contribution is -0.140. The molecule has 2 aliphatic carbocycles. The van der Waals surface area contributed by atoms with Crippen LogP contribution in [0.25, 0.3) is 0 Å². The normalized spacial score (nSPS) is 35.7. The summed E-state index contributed by atoms with van der Waals surface area (Å²) < 4.78 is 5.28. The minimum absolute atomic E-state index is 0.186. The van der Waals surface area contributed by atoms with Crippen molar-refractivity contribution >= 4 is 5.97 Å². The van der Waals surface area contributed by atoms with Gasteiger partial charge in [-0.25, -0.2) is 0 Å². The summed E-state index contributed by atoms with van der Waals surface area (Å²) in [6.07, 6.45) is 12.9. The molecular weight excluding hydrogens is 296 g/mol. The van der Waals surface area contributed by atoms with Gasteiger partial charge in [-0.05, 0) is 81.6 Å². The van der Waals surface area contributed by atoms with Crippen LogP contribution in [0.4, 0.5) is 0 Å². The summed E-state index contributed by atoms with van der Waals surface area (Å²) in [5, 5.41) is 0. The van der Waals surface area contributed by atoms with E-state index in [-0.39, 0.29) is 5.97 Å². The molecule has 0 radical (unpaired) electrons. The lowest BCUT2D eigenvalue weighted by Crippen LogP contribution is -2.26. The molecule has 1 saturated carbocycles. The van der Waals surface area contributed by atoms with E-state index in [1.165, 1.54) is 49.3 Å². The van der Waals surface area contributed by atoms with E-state index in [0.717, 1.165) is 19.3 Å². The summed E-state index contributed by atoms with van der Waals surface area (Å²) in [5.74, 6) is 1.16. The maximum atomic E-state index is 11.2. The summed E-state index contributed by atoms with van der Waals surface area (Å²) in [6, 6.07) is 0. The highest BCUT2D eigenvalue weighted by molar-refractivity contribution is 5.66. The van der Waals surface area contributed by atoms with Crippen LogP contribution in [0, 0.1) is 17.3 Å². The van der Waals surface area contributed by atoms with E-state index in [4.69, 9.17) is 4.74 Å². The van der Waals surface area contributed by atoms with Gasteiger partial charge in [0.2, 0.25) is 0 Å². The number of carbonyl (C=O) groups excluding carboxylic acids is 1. The molecule has 0 aromatic carbocycles. The number of carbonyl (C=O) groups is 1. The monoisotopic (exact) mass is 330 g/mol. The quantitative estimate of drug-likeness (QED) is 0.469. The minimum atomic E-state index is -0.186. The van der Waals surface area contributed by atoms with Gasteiger partial charge < -0.3 is 4.74 Å². The Morgan fingerprint density at radius 3 is 2.71 bits per heavy atom. The van der Waals surface area contributed by atoms with Crippen molar-refractivity contribution in [2.75, 3.05) is 6.61 Å². The van der Waals surface area contributed by atoms with Crippen molar-refractivity contribution in [3.8, 4) is 0 Å². The molecule has 0 aromatic heterocycles. The SMILES string of the molecule is C=C(C)C1CC[C@]2(C)CC/C(COC(C)=O)=C/CC/C(C)=C/C[C@@H]12. The van der Waals surface area contributed by atoms with E-state index in [1.54, 1.807) is 0 Å². The van der Waals surface area contributed by atoms with Gasteiger partial charge in [0.05, 0.1) is 0 Å². The fourth-order valence-corrected chi connectivity index (χ4v) is 4.51. The van der Waals surface area contributed by atoms with Crippen molar-refractivity contribution < 1.29 is 9.53 Å². The molecular formula is C22H34O2. The number of hydrogen-bond acceptors (Lipinski definition) is 2. The second-order valence-electron chi connectivity index (χ2n) is 8.22.